The molecule has 0 fully saturated rings. The fourth-order valence-electron chi connectivity index (χ4n) is 3.15. The van der Waals surface area contributed by atoms with Gasteiger partial charge in [0.05, 0.1) is 30.7 Å². The van der Waals surface area contributed by atoms with Crippen molar-refractivity contribution >= 4 is 16.9 Å². The van der Waals surface area contributed by atoms with Gasteiger partial charge in [-0.25, -0.2) is 4.39 Å². The number of fused-ring (bicyclic) bond motifs is 1. The lowest BCUT2D eigenvalue weighted by molar-refractivity contribution is -0.136. The molecule has 6 heteroatoms. The average molecular weight is 352 g/mol. The first-order chi connectivity index (χ1) is 12.4. The van der Waals surface area contributed by atoms with E-state index in [0.29, 0.717) is 28.6 Å². The highest BCUT2D eigenvalue weighted by Crippen LogP contribution is 2.32. The van der Waals surface area contributed by atoms with E-state index in [4.69, 9.17) is 10.00 Å². The lowest BCUT2D eigenvalue weighted by atomic mass is 10.1. The smallest absolute Gasteiger partial charge is 0.307 e. The number of nitrogens with zero attached hydrogens (tertiary/aromatic N) is 2. The number of aliphatic carboxylic acids is 1. The molecule has 3 aromatic rings. The topological polar surface area (TPSA) is 75.2 Å². The molecule has 0 unspecified atom stereocenters. The third kappa shape index (κ3) is 3.11. The largest absolute Gasteiger partial charge is 0.494 e. The lowest BCUT2D eigenvalue weighted by Gasteiger charge is -2.10. The van der Waals surface area contributed by atoms with Crippen LogP contribution in [0.15, 0.2) is 36.4 Å². The summed E-state index contributed by atoms with van der Waals surface area (Å²) in [5.74, 6) is -1.37. The Hall–Kier alpha value is -3.33. The van der Waals surface area contributed by atoms with E-state index in [9.17, 15) is 14.3 Å². The van der Waals surface area contributed by atoms with Crippen molar-refractivity contribution in [1.29, 1.82) is 5.26 Å². The number of aromatic nitrogens is 1. The number of nitriles is 1. The first-order valence-electron chi connectivity index (χ1n) is 8.00. The molecule has 0 spiro atoms. The first kappa shape index (κ1) is 17.5. The molecule has 132 valence electrons. The molecule has 0 atom stereocenters. The van der Waals surface area contributed by atoms with E-state index >= 15 is 0 Å². The summed E-state index contributed by atoms with van der Waals surface area (Å²) in [4.78, 5) is 11.3. The standard InChI is InChI=1S/C20H17FN2O3/c1-12-15(8-20(24)25)16-7-19(26-2)17(21)9-18(16)23(12)11-14-5-3-13(10-22)4-6-14/h3-7,9H,8,11H2,1-2H3,(H,24,25). The number of carboxylic acid groups (broad SMARTS) is 1. The van der Waals surface area contributed by atoms with Crippen molar-refractivity contribution in [3.63, 3.8) is 0 Å². The van der Waals surface area contributed by atoms with Crippen LogP contribution in [-0.2, 0) is 17.8 Å². The van der Waals surface area contributed by atoms with Crippen LogP contribution in [0.3, 0.4) is 0 Å². The van der Waals surface area contributed by atoms with Crippen LogP contribution in [0.25, 0.3) is 10.9 Å². The van der Waals surface area contributed by atoms with Crippen molar-refractivity contribution in [1.82, 2.24) is 4.57 Å². The number of carboxylic acids is 1. The van der Waals surface area contributed by atoms with Crippen LogP contribution in [0.2, 0.25) is 0 Å². The quantitative estimate of drug-likeness (QED) is 0.761. The van der Waals surface area contributed by atoms with E-state index in [1.807, 2.05) is 23.6 Å². The average Bonchev–Trinajstić information content (AvgIpc) is 2.86. The lowest BCUT2D eigenvalue weighted by Crippen LogP contribution is -2.05. The Kier molecular flexibility index (Phi) is 4.63. The van der Waals surface area contributed by atoms with Gasteiger partial charge in [0.2, 0.25) is 0 Å². The second-order valence-corrected chi connectivity index (χ2v) is 6.03. The van der Waals surface area contributed by atoms with Crippen LogP contribution in [0.4, 0.5) is 4.39 Å². The maximum Gasteiger partial charge on any atom is 0.307 e. The van der Waals surface area contributed by atoms with Crippen molar-refractivity contribution in [2.24, 2.45) is 0 Å². The molecule has 0 bridgehead atoms. The van der Waals surface area contributed by atoms with E-state index in [1.165, 1.54) is 13.2 Å². The maximum absolute atomic E-state index is 14.3. The van der Waals surface area contributed by atoms with E-state index in [0.717, 1.165) is 11.3 Å². The van der Waals surface area contributed by atoms with Gasteiger partial charge in [-0.3, -0.25) is 4.79 Å². The van der Waals surface area contributed by atoms with Gasteiger partial charge in [-0.2, -0.15) is 5.26 Å². The Balaban J connectivity index is 2.16. The summed E-state index contributed by atoms with van der Waals surface area (Å²) in [5.41, 5.74) is 3.51. The molecule has 0 aliphatic rings. The third-order valence-corrected chi connectivity index (χ3v) is 4.48. The van der Waals surface area contributed by atoms with Gasteiger partial charge < -0.3 is 14.4 Å². The van der Waals surface area contributed by atoms with Crippen molar-refractivity contribution < 1.29 is 19.0 Å². The fourth-order valence-corrected chi connectivity index (χ4v) is 3.15. The van der Waals surface area contributed by atoms with E-state index in [2.05, 4.69) is 6.07 Å². The van der Waals surface area contributed by atoms with Gasteiger partial charge in [0.15, 0.2) is 11.6 Å². The number of ether oxygens (including phenoxy) is 1. The van der Waals surface area contributed by atoms with Gasteiger partial charge in [-0.1, -0.05) is 12.1 Å². The summed E-state index contributed by atoms with van der Waals surface area (Å²) in [6.45, 7) is 2.27. The molecule has 0 aliphatic heterocycles. The van der Waals surface area contributed by atoms with Crippen LogP contribution in [0.5, 0.6) is 5.75 Å². The van der Waals surface area contributed by atoms with E-state index < -0.39 is 11.8 Å². The highest BCUT2D eigenvalue weighted by atomic mass is 19.1. The minimum atomic E-state index is -0.950. The Morgan fingerprint density at radius 2 is 2.00 bits per heavy atom. The van der Waals surface area contributed by atoms with E-state index in [-0.39, 0.29) is 12.2 Å². The highest BCUT2D eigenvalue weighted by Gasteiger charge is 2.19. The second kappa shape index (κ2) is 6.89. The maximum atomic E-state index is 14.3. The Labute approximate surface area is 149 Å². The molecule has 3 rings (SSSR count). The monoisotopic (exact) mass is 352 g/mol. The third-order valence-electron chi connectivity index (χ3n) is 4.48. The molecular weight excluding hydrogens is 335 g/mol. The van der Waals surface area contributed by atoms with Gasteiger partial charge >= 0.3 is 5.97 Å². The second-order valence-electron chi connectivity index (χ2n) is 6.03. The molecule has 5 nitrogen and oxygen atoms in total. The SMILES string of the molecule is COc1cc2c(CC(=O)O)c(C)n(Cc3ccc(C#N)cc3)c2cc1F. The Morgan fingerprint density at radius 3 is 2.58 bits per heavy atom. The summed E-state index contributed by atoms with van der Waals surface area (Å²) < 4.78 is 21.2. The zero-order valence-corrected chi connectivity index (χ0v) is 14.4. The van der Waals surface area contributed by atoms with Crippen LogP contribution < -0.4 is 4.74 Å². The summed E-state index contributed by atoms with van der Waals surface area (Å²) >= 11 is 0. The molecular formula is C20H17FN2O3. The number of methoxy groups -OCH3 is 1. The van der Waals surface area contributed by atoms with E-state index in [1.54, 1.807) is 18.2 Å². The van der Waals surface area contributed by atoms with Gasteiger partial charge in [0.1, 0.15) is 0 Å². The van der Waals surface area contributed by atoms with Crippen molar-refractivity contribution in [2.45, 2.75) is 19.9 Å². The molecule has 0 saturated heterocycles. The summed E-state index contributed by atoms with van der Waals surface area (Å²) in [6, 6.07) is 12.1. The van der Waals surface area contributed by atoms with Crippen molar-refractivity contribution in [3.05, 3.63) is 64.6 Å². The Morgan fingerprint density at radius 1 is 1.31 bits per heavy atom. The zero-order valence-electron chi connectivity index (χ0n) is 14.4. The first-order valence-corrected chi connectivity index (χ1v) is 8.00. The number of rotatable bonds is 5. The van der Waals surface area contributed by atoms with Gasteiger partial charge in [0.25, 0.3) is 0 Å². The molecule has 0 amide bonds. The van der Waals surface area contributed by atoms with Crippen LogP contribution in [0.1, 0.15) is 22.4 Å². The molecule has 2 aromatic carbocycles. The fraction of sp³-hybridized carbons (Fsp3) is 0.200. The number of halogens is 1. The van der Waals surface area contributed by atoms with Gasteiger partial charge in [0, 0.05) is 23.7 Å². The minimum absolute atomic E-state index is 0.0830. The van der Waals surface area contributed by atoms with Gasteiger partial charge in [-0.15, -0.1) is 0 Å². The van der Waals surface area contributed by atoms with Crippen LogP contribution >= 0.6 is 0 Å². The van der Waals surface area contributed by atoms with Gasteiger partial charge in [-0.05, 0) is 36.2 Å². The predicted octanol–water partition coefficient (Wildman–Crippen LogP) is 3.64. The molecule has 1 N–H and O–H groups in total. The predicted molar refractivity (Wildman–Crippen MR) is 94.8 cm³/mol. The van der Waals surface area contributed by atoms with Crippen LogP contribution in [0, 0.1) is 24.1 Å². The number of hydrogen-bond acceptors (Lipinski definition) is 3. The summed E-state index contributed by atoms with van der Waals surface area (Å²) in [6.07, 6.45) is -0.155. The molecule has 0 radical (unpaired) electrons. The zero-order chi connectivity index (χ0) is 18.8. The van der Waals surface area contributed by atoms with Crippen LogP contribution in [-0.4, -0.2) is 22.8 Å². The number of hydrogen-bond donors (Lipinski definition) is 1. The molecule has 0 saturated carbocycles. The normalized spacial score (nSPS) is 10.7. The number of carbonyl (C=O) groups is 1. The molecule has 26 heavy (non-hydrogen) atoms. The van der Waals surface area contributed by atoms with Crippen molar-refractivity contribution in [2.75, 3.05) is 7.11 Å². The molecule has 0 aliphatic carbocycles. The summed E-state index contributed by atoms with van der Waals surface area (Å²) in [5, 5.41) is 18.8. The summed E-state index contributed by atoms with van der Waals surface area (Å²) in [7, 11) is 1.38. The minimum Gasteiger partial charge on any atom is -0.494 e. The molecule has 1 heterocycles. The molecule has 1 aromatic heterocycles. The Bertz CT molecular complexity index is 1030. The van der Waals surface area contributed by atoms with Crippen molar-refractivity contribution in [3.8, 4) is 11.8 Å². The highest BCUT2D eigenvalue weighted by molar-refractivity contribution is 5.90. The number of benzene rings is 2.